The Morgan fingerprint density at radius 1 is 1.15 bits per heavy atom. The van der Waals surface area contributed by atoms with E-state index in [1.165, 1.54) is 7.11 Å². The third-order valence-corrected chi connectivity index (χ3v) is 2.87. The van der Waals surface area contributed by atoms with Crippen LogP contribution in [0.15, 0.2) is 52.9 Å². The summed E-state index contributed by atoms with van der Waals surface area (Å²) in [6.07, 6.45) is 0. The summed E-state index contributed by atoms with van der Waals surface area (Å²) < 4.78 is 10.6. The molecular formula is C15H12N2O3. The summed E-state index contributed by atoms with van der Waals surface area (Å²) in [5.74, 6) is 0.176. The number of amides is 1. The Kier molecular flexibility index (Phi) is 3.09. The molecular weight excluding hydrogens is 256 g/mol. The van der Waals surface area contributed by atoms with E-state index in [9.17, 15) is 4.79 Å². The summed E-state index contributed by atoms with van der Waals surface area (Å²) in [6, 6.07) is 14.5. The number of anilines is 1. The standard InChI is InChI=1S/C15H12N2O3/c1-19-12-8-4-2-6-10(12)14(18)17-15-16-11-7-3-5-9-13(11)20-15/h2-9H,1H3,(H,16,17,18). The molecule has 0 unspecified atom stereocenters. The van der Waals surface area contributed by atoms with Gasteiger partial charge in [-0.15, -0.1) is 0 Å². The number of carbonyl (C=O) groups is 1. The Hall–Kier alpha value is -2.82. The summed E-state index contributed by atoms with van der Waals surface area (Å²) in [7, 11) is 1.52. The van der Waals surface area contributed by atoms with Crippen LogP contribution in [0.1, 0.15) is 10.4 Å². The molecule has 5 nitrogen and oxygen atoms in total. The molecule has 1 heterocycles. The quantitative estimate of drug-likeness (QED) is 0.792. The highest BCUT2D eigenvalue weighted by atomic mass is 16.5. The Labute approximate surface area is 115 Å². The Bertz CT molecular complexity index is 731. The fourth-order valence-electron chi connectivity index (χ4n) is 1.92. The number of fused-ring (bicyclic) bond motifs is 1. The van der Waals surface area contributed by atoms with Crippen LogP contribution in [0.3, 0.4) is 0 Å². The van der Waals surface area contributed by atoms with Gasteiger partial charge in [0.05, 0.1) is 12.7 Å². The maximum absolute atomic E-state index is 12.2. The van der Waals surface area contributed by atoms with Crippen LogP contribution in [0.4, 0.5) is 6.01 Å². The van der Waals surface area contributed by atoms with Crippen LogP contribution in [0.2, 0.25) is 0 Å². The number of aromatic nitrogens is 1. The molecule has 3 aromatic rings. The highest BCUT2D eigenvalue weighted by Gasteiger charge is 2.14. The molecule has 3 rings (SSSR count). The van der Waals surface area contributed by atoms with E-state index in [1.54, 1.807) is 30.3 Å². The number of ether oxygens (including phenoxy) is 1. The number of oxazole rings is 1. The molecule has 2 aromatic carbocycles. The molecule has 0 aliphatic rings. The zero-order chi connectivity index (χ0) is 13.9. The van der Waals surface area contributed by atoms with E-state index < -0.39 is 0 Å². The van der Waals surface area contributed by atoms with Crippen LogP contribution < -0.4 is 10.1 Å². The second kappa shape index (κ2) is 5.05. The van der Waals surface area contributed by atoms with Gasteiger partial charge in [0.2, 0.25) is 0 Å². The average molecular weight is 268 g/mol. The first kappa shape index (κ1) is 12.2. The molecule has 20 heavy (non-hydrogen) atoms. The second-order valence-electron chi connectivity index (χ2n) is 4.14. The highest BCUT2D eigenvalue weighted by Crippen LogP contribution is 2.21. The Morgan fingerprint density at radius 2 is 1.90 bits per heavy atom. The largest absolute Gasteiger partial charge is 0.496 e. The van der Waals surface area contributed by atoms with E-state index in [4.69, 9.17) is 9.15 Å². The van der Waals surface area contributed by atoms with E-state index in [0.29, 0.717) is 22.4 Å². The van der Waals surface area contributed by atoms with Crippen molar-refractivity contribution in [2.45, 2.75) is 0 Å². The summed E-state index contributed by atoms with van der Waals surface area (Å²) in [4.78, 5) is 16.4. The smallest absolute Gasteiger partial charge is 0.302 e. The van der Waals surface area contributed by atoms with Crippen molar-refractivity contribution >= 4 is 23.0 Å². The molecule has 0 fully saturated rings. The molecule has 0 atom stereocenters. The van der Waals surface area contributed by atoms with Crippen molar-refractivity contribution in [3.8, 4) is 5.75 Å². The topological polar surface area (TPSA) is 64.4 Å². The number of methoxy groups -OCH3 is 1. The Balaban J connectivity index is 1.88. The zero-order valence-electron chi connectivity index (χ0n) is 10.8. The number of rotatable bonds is 3. The minimum Gasteiger partial charge on any atom is -0.496 e. The van der Waals surface area contributed by atoms with Gasteiger partial charge in [-0.1, -0.05) is 24.3 Å². The number of carbonyl (C=O) groups excluding carboxylic acids is 1. The number of para-hydroxylation sites is 3. The summed E-state index contributed by atoms with van der Waals surface area (Å²) in [5.41, 5.74) is 1.75. The molecule has 0 saturated heterocycles. The number of benzene rings is 2. The fraction of sp³-hybridized carbons (Fsp3) is 0.0667. The molecule has 0 bridgehead atoms. The van der Waals surface area contributed by atoms with Crippen LogP contribution in [-0.2, 0) is 0 Å². The summed E-state index contributed by atoms with van der Waals surface area (Å²) in [5, 5.41) is 2.63. The van der Waals surface area contributed by atoms with Gasteiger partial charge in [-0.25, -0.2) is 0 Å². The van der Waals surface area contributed by atoms with Gasteiger partial charge >= 0.3 is 6.01 Å². The van der Waals surface area contributed by atoms with E-state index in [1.807, 2.05) is 18.2 Å². The van der Waals surface area contributed by atoms with Crippen molar-refractivity contribution < 1.29 is 13.9 Å². The zero-order valence-corrected chi connectivity index (χ0v) is 10.8. The first-order chi connectivity index (χ1) is 9.78. The SMILES string of the molecule is COc1ccccc1C(=O)Nc1nc2ccccc2o1. The van der Waals surface area contributed by atoms with Gasteiger partial charge < -0.3 is 9.15 Å². The number of nitrogens with zero attached hydrogens (tertiary/aromatic N) is 1. The van der Waals surface area contributed by atoms with E-state index >= 15 is 0 Å². The van der Waals surface area contributed by atoms with Gasteiger partial charge in [-0.05, 0) is 24.3 Å². The molecule has 5 heteroatoms. The molecule has 100 valence electrons. The van der Waals surface area contributed by atoms with E-state index in [0.717, 1.165) is 0 Å². The predicted octanol–water partition coefficient (Wildman–Crippen LogP) is 3.09. The minimum absolute atomic E-state index is 0.169. The van der Waals surface area contributed by atoms with Crippen molar-refractivity contribution in [3.05, 3.63) is 54.1 Å². The molecule has 0 aliphatic heterocycles. The number of hydrogen-bond donors (Lipinski definition) is 1. The van der Waals surface area contributed by atoms with Gasteiger partial charge in [-0.2, -0.15) is 4.98 Å². The first-order valence-electron chi connectivity index (χ1n) is 6.08. The van der Waals surface area contributed by atoms with Crippen molar-refractivity contribution in [2.75, 3.05) is 12.4 Å². The van der Waals surface area contributed by atoms with Crippen LogP contribution in [0.25, 0.3) is 11.1 Å². The van der Waals surface area contributed by atoms with Crippen molar-refractivity contribution in [1.82, 2.24) is 4.98 Å². The minimum atomic E-state index is -0.325. The second-order valence-corrected chi connectivity index (χ2v) is 4.14. The Morgan fingerprint density at radius 3 is 2.70 bits per heavy atom. The van der Waals surface area contributed by atoms with Gasteiger partial charge in [-0.3, -0.25) is 10.1 Å². The monoisotopic (exact) mass is 268 g/mol. The van der Waals surface area contributed by atoms with Crippen LogP contribution in [-0.4, -0.2) is 18.0 Å². The molecule has 0 radical (unpaired) electrons. The molecule has 0 aliphatic carbocycles. The number of hydrogen-bond acceptors (Lipinski definition) is 4. The predicted molar refractivity (Wildman–Crippen MR) is 75.0 cm³/mol. The van der Waals surface area contributed by atoms with Gasteiger partial charge in [0.1, 0.15) is 11.3 Å². The van der Waals surface area contributed by atoms with Crippen LogP contribution in [0.5, 0.6) is 5.75 Å². The molecule has 0 saturated carbocycles. The summed E-state index contributed by atoms with van der Waals surface area (Å²) in [6.45, 7) is 0. The lowest BCUT2D eigenvalue weighted by Crippen LogP contribution is -2.13. The molecule has 1 amide bonds. The lowest BCUT2D eigenvalue weighted by atomic mass is 10.2. The van der Waals surface area contributed by atoms with Crippen LogP contribution >= 0.6 is 0 Å². The molecule has 1 aromatic heterocycles. The van der Waals surface area contributed by atoms with E-state index in [2.05, 4.69) is 10.3 Å². The maximum atomic E-state index is 12.2. The lowest BCUT2D eigenvalue weighted by molar-refractivity contribution is 0.102. The lowest BCUT2D eigenvalue weighted by Gasteiger charge is -2.06. The highest BCUT2D eigenvalue weighted by molar-refractivity contribution is 6.05. The van der Waals surface area contributed by atoms with Crippen molar-refractivity contribution in [3.63, 3.8) is 0 Å². The maximum Gasteiger partial charge on any atom is 0.302 e. The molecule has 1 N–H and O–H groups in total. The average Bonchev–Trinajstić information content (AvgIpc) is 2.89. The number of nitrogens with one attached hydrogen (secondary N) is 1. The van der Waals surface area contributed by atoms with Crippen molar-refractivity contribution in [2.24, 2.45) is 0 Å². The van der Waals surface area contributed by atoms with E-state index in [-0.39, 0.29) is 11.9 Å². The van der Waals surface area contributed by atoms with Gasteiger partial charge in [0.25, 0.3) is 5.91 Å². The summed E-state index contributed by atoms with van der Waals surface area (Å²) >= 11 is 0. The third-order valence-electron chi connectivity index (χ3n) is 2.87. The molecule has 0 spiro atoms. The van der Waals surface area contributed by atoms with Gasteiger partial charge in [0.15, 0.2) is 5.58 Å². The third kappa shape index (κ3) is 2.21. The van der Waals surface area contributed by atoms with Crippen LogP contribution in [0, 0.1) is 0 Å². The fourth-order valence-corrected chi connectivity index (χ4v) is 1.92. The first-order valence-corrected chi connectivity index (χ1v) is 6.08. The van der Waals surface area contributed by atoms with Gasteiger partial charge in [0, 0.05) is 0 Å². The van der Waals surface area contributed by atoms with Crippen molar-refractivity contribution in [1.29, 1.82) is 0 Å². The normalized spacial score (nSPS) is 10.4.